The second-order valence-electron chi connectivity index (χ2n) is 4.85. The molecule has 1 aromatic carbocycles. The zero-order valence-electron chi connectivity index (χ0n) is 8.86. The fourth-order valence-electron chi connectivity index (χ4n) is 2.13. The largest absolute Gasteiger partial charge is 0.383 e. The van der Waals surface area contributed by atoms with Crippen LogP contribution in [0.1, 0.15) is 18.4 Å². The number of hydrogen-bond donors (Lipinski definition) is 2. The van der Waals surface area contributed by atoms with E-state index in [1.54, 1.807) is 13.0 Å². The predicted octanol–water partition coefficient (Wildman–Crippen LogP) is 2.75. The van der Waals surface area contributed by atoms with Gasteiger partial charge in [-0.1, -0.05) is 0 Å². The Morgan fingerprint density at radius 2 is 1.73 bits per heavy atom. The summed E-state index contributed by atoms with van der Waals surface area (Å²) >= 11 is 0. The molecule has 1 saturated carbocycles. The standard InChI is InChI=1S/C12H15FN2/c1-8-4-10-11(5-9(8)13)15-7-12(2-3-12)6-14-10/h4-5,14-15H,2-3,6-7H2,1H3. The van der Waals surface area contributed by atoms with Gasteiger partial charge in [0.25, 0.3) is 0 Å². The molecule has 1 aromatic rings. The van der Waals surface area contributed by atoms with Crippen molar-refractivity contribution < 1.29 is 4.39 Å². The van der Waals surface area contributed by atoms with E-state index >= 15 is 0 Å². The molecular weight excluding hydrogens is 191 g/mol. The molecule has 0 bridgehead atoms. The van der Waals surface area contributed by atoms with Gasteiger partial charge in [-0.05, 0) is 37.5 Å². The molecule has 3 heteroatoms. The molecule has 0 aromatic heterocycles. The topological polar surface area (TPSA) is 24.1 Å². The van der Waals surface area contributed by atoms with Crippen molar-refractivity contribution in [3.05, 3.63) is 23.5 Å². The third kappa shape index (κ3) is 1.46. The van der Waals surface area contributed by atoms with Crippen LogP contribution >= 0.6 is 0 Å². The SMILES string of the molecule is Cc1cc2c(cc1F)NCC1(CC1)CN2. The van der Waals surface area contributed by atoms with Gasteiger partial charge < -0.3 is 10.6 Å². The summed E-state index contributed by atoms with van der Waals surface area (Å²) < 4.78 is 13.4. The van der Waals surface area contributed by atoms with Crippen LogP contribution in [0.4, 0.5) is 15.8 Å². The molecule has 1 heterocycles. The summed E-state index contributed by atoms with van der Waals surface area (Å²) in [7, 11) is 0. The maximum Gasteiger partial charge on any atom is 0.128 e. The minimum Gasteiger partial charge on any atom is -0.383 e. The molecule has 1 spiro atoms. The van der Waals surface area contributed by atoms with Crippen LogP contribution in [-0.2, 0) is 0 Å². The van der Waals surface area contributed by atoms with Crippen LogP contribution in [0.25, 0.3) is 0 Å². The third-order valence-corrected chi connectivity index (χ3v) is 3.56. The number of benzene rings is 1. The first-order valence-corrected chi connectivity index (χ1v) is 5.47. The Morgan fingerprint density at radius 3 is 2.33 bits per heavy atom. The van der Waals surface area contributed by atoms with Crippen LogP contribution in [-0.4, -0.2) is 13.1 Å². The minimum absolute atomic E-state index is 0.130. The van der Waals surface area contributed by atoms with Gasteiger partial charge in [0.15, 0.2) is 0 Å². The maximum absolute atomic E-state index is 13.4. The second kappa shape index (κ2) is 2.87. The highest BCUT2D eigenvalue weighted by Crippen LogP contribution is 2.47. The summed E-state index contributed by atoms with van der Waals surface area (Å²) in [6.07, 6.45) is 2.56. The van der Waals surface area contributed by atoms with Crippen molar-refractivity contribution in [2.45, 2.75) is 19.8 Å². The van der Waals surface area contributed by atoms with Crippen molar-refractivity contribution in [1.29, 1.82) is 0 Å². The zero-order chi connectivity index (χ0) is 10.5. The van der Waals surface area contributed by atoms with Gasteiger partial charge in [0, 0.05) is 18.5 Å². The Balaban J connectivity index is 1.96. The first-order chi connectivity index (χ1) is 7.19. The first kappa shape index (κ1) is 9.01. The van der Waals surface area contributed by atoms with Crippen molar-refractivity contribution in [1.82, 2.24) is 0 Å². The Morgan fingerprint density at radius 1 is 1.13 bits per heavy atom. The van der Waals surface area contributed by atoms with Crippen LogP contribution in [0.5, 0.6) is 0 Å². The van der Waals surface area contributed by atoms with Gasteiger partial charge in [0.2, 0.25) is 0 Å². The van der Waals surface area contributed by atoms with Gasteiger partial charge in [-0.3, -0.25) is 0 Å². The number of aryl methyl sites for hydroxylation is 1. The lowest BCUT2D eigenvalue weighted by Gasteiger charge is -2.10. The second-order valence-corrected chi connectivity index (χ2v) is 4.85. The number of halogens is 1. The molecular formula is C12H15FN2. The summed E-state index contributed by atoms with van der Waals surface area (Å²) in [5.74, 6) is -0.130. The van der Waals surface area contributed by atoms with Crippen LogP contribution in [0.3, 0.4) is 0 Å². The molecule has 2 N–H and O–H groups in total. The van der Waals surface area contributed by atoms with Gasteiger partial charge in [-0.15, -0.1) is 0 Å². The van der Waals surface area contributed by atoms with Gasteiger partial charge in [-0.25, -0.2) is 4.39 Å². The molecule has 80 valence electrons. The summed E-state index contributed by atoms with van der Waals surface area (Å²) in [5, 5.41) is 6.76. The highest BCUT2D eigenvalue weighted by molar-refractivity contribution is 5.71. The van der Waals surface area contributed by atoms with E-state index in [2.05, 4.69) is 10.6 Å². The predicted molar refractivity (Wildman–Crippen MR) is 59.8 cm³/mol. The monoisotopic (exact) mass is 206 g/mol. The van der Waals surface area contributed by atoms with Crippen molar-refractivity contribution in [2.75, 3.05) is 23.7 Å². The van der Waals surface area contributed by atoms with Crippen molar-refractivity contribution >= 4 is 11.4 Å². The smallest absolute Gasteiger partial charge is 0.128 e. The molecule has 0 amide bonds. The van der Waals surface area contributed by atoms with Gasteiger partial charge in [0.05, 0.1) is 11.4 Å². The lowest BCUT2D eigenvalue weighted by molar-refractivity contribution is 0.581. The molecule has 1 aliphatic carbocycles. The van der Waals surface area contributed by atoms with E-state index in [0.29, 0.717) is 11.0 Å². The summed E-state index contributed by atoms with van der Waals surface area (Å²) in [5.41, 5.74) is 3.08. The average Bonchev–Trinajstić information content (AvgIpc) is 2.99. The molecule has 2 nitrogen and oxygen atoms in total. The zero-order valence-corrected chi connectivity index (χ0v) is 8.86. The molecule has 2 aliphatic rings. The molecule has 0 saturated heterocycles. The van der Waals surface area contributed by atoms with Gasteiger partial charge in [-0.2, -0.15) is 0 Å². The summed E-state index contributed by atoms with van der Waals surface area (Å²) in [6, 6.07) is 3.48. The Hall–Kier alpha value is -1.25. The third-order valence-electron chi connectivity index (χ3n) is 3.56. The minimum atomic E-state index is -0.130. The summed E-state index contributed by atoms with van der Waals surface area (Å²) in [4.78, 5) is 0. The molecule has 0 radical (unpaired) electrons. The van der Waals surface area contributed by atoms with E-state index in [1.165, 1.54) is 12.8 Å². The van der Waals surface area contributed by atoms with Crippen molar-refractivity contribution in [3.63, 3.8) is 0 Å². The summed E-state index contributed by atoms with van der Waals surface area (Å²) in [6.45, 7) is 3.78. The van der Waals surface area contributed by atoms with Crippen LogP contribution in [0.2, 0.25) is 0 Å². The normalized spacial score (nSPS) is 21.2. The first-order valence-electron chi connectivity index (χ1n) is 5.47. The van der Waals surface area contributed by atoms with E-state index in [4.69, 9.17) is 0 Å². The fraction of sp³-hybridized carbons (Fsp3) is 0.500. The van der Waals surface area contributed by atoms with Gasteiger partial charge >= 0.3 is 0 Å². The molecule has 1 fully saturated rings. The van der Waals surface area contributed by atoms with E-state index in [0.717, 1.165) is 24.5 Å². The lowest BCUT2D eigenvalue weighted by atomic mass is 10.1. The quantitative estimate of drug-likeness (QED) is 0.682. The van der Waals surface area contributed by atoms with Crippen LogP contribution < -0.4 is 10.6 Å². The van der Waals surface area contributed by atoms with E-state index in [-0.39, 0.29) is 5.82 Å². The number of rotatable bonds is 0. The maximum atomic E-state index is 13.4. The molecule has 1 aliphatic heterocycles. The van der Waals surface area contributed by atoms with E-state index in [9.17, 15) is 4.39 Å². The fourth-order valence-corrected chi connectivity index (χ4v) is 2.13. The number of nitrogens with one attached hydrogen (secondary N) is 2. The van der Waals surface area contributed by atoms with E-state index in [1.807, 2.05) is 6.07 Å². The highest BCUT2D eigenvalue weighted by atomic mass is 19.1. The molecule has 0 unspecified atom stereocenters. The number of fused-ring (bicyclic) bond motifs is 1. The lowest BCUT2D eigenvalue weighted by Crippen LogP contribution is -2.19. The Labute approximate surface area is 88.9 Å². The Bertz CT molecular complexity index is 375. The molecule has 0 atom stereocenters. The van der Waals surface area contributed by atoms with Crippen molar-refractivity contribution in [2.24, 2.45) is 5.41 Å². The highest BCUT2D eigenvalue weighted by Gasteiger charge is 2.43. The van der Waals surface area contributed by atoms with E-state index < -0.39 is 0 Å². The van der Waals surface area contributed by atoms with Crippen LogP contribution in [0.15, 0.2) is 12.1 Å². The average molecular weight is 206 g/mol. The van der Waals surface area contributed by atoms with Gasteiger partial charge in [0.1, 0.15) is 5.82 Å². The van der Waals surface area contributed by atoms with Crippen LogP contribution in [0, 0.1) is 18.2 Å². The van der Waals surface area contributed by atoms with Crippen molar-refractivity contribution in [3.8, 4) is 0 Å². The molecule has 15 heavy (non-hydrogen) atoms. The number of hydrogen-bond acceptors (Lipinski definition) is 2. The Kier molecular flexibility index (Phi) is 1.73. The molecule has 3 rings (SSSR count). The number of anilines is 2.